The quantitative estimate of drug-likeness (QED) is 0.864. The summed E-state index contributed by atoms with van der Waals surface area (Å²) in [5.41, 5.74) is 6.28. The van der Waals surface area contributed by atoms with Gasteiger partial charge in [0, 0.05) is 10.9 Å². The third-order valence-electron chi connectivity index (χ3n) is 3.73. The van der Waals surface area contributed by atoms with Crippen molar-refractivity contribution in [2.45, 2.75) is 43.1 Å². The number of nitrogens with zero attached hydrogens (tertiary/aromatic N) is 2. The molecule has 1 heterocycles. The van der Waals surface area contributed by atoms with Crippen molar-refractivity contribution < 1.29 is 8.91 Å². The van der Waals surface area contributed by atoms with Crippen molar-refractivity contribution in [3.63, 3.8) is 0 Å². The highest BCUT2D eigenvalue weighted by Gasteiger charge is 2.18. The molecule has 0 aliphatic heterocycles. The van der Waals surface area contributed by atoms with Crippen LogP contribution in [-0.2, 0) is 5.75 Å². The Morgan fingerprint density at radius 2 is 2.10 bits per heavy atom. The van der Waals surface area contributed by atoms with Crippen molar-refractivity contribution in [3.05, 3.63) is 29.8 Å². The second-order valence-corrected chi connectivity index (χ2v) is 6.58. The number of halogens is 1. The Kier molecular flexibility index (Phi) is 4.43. The van der Waals surface area contributed by atoms with Crippen LogP contribution in [-0.4, -0.2) is 15.4 Å². The van der Waals surface area contributed by atoms with E-state index in [1.807, 2.05) is 11.8 Å². The molecule has 1 aromatic carbocycles. The third-order valence-corrected chi connectivity index (χ3v) is 5.10. The van der Waals surface area contributed by atoms with E-state index in [0.29, 0.717) is 22.5 Å². The summed E-state index contributed by atoms with van der Waals surface area (Å²) in [7, 11) is 0. The molecule has 0 spiro atoms. The third kappa shape index (κ3) is 3.37. The fraction of sp³-hybridized carbons (Fsp3) is 0.467. The van der Waals surface area contributed by atoms with E-state index in [9.17, 15) is 4.39 Å². The molecule has 0 atom stereocenters. The summed E-state index contributed by atoms with van der Waals surface area (Å²) in [5, 5.41) is 4.61. The van der Waals surface area contributed by atoms with E-state index in [-0.39, 0.29) is 11.5 Å². The zero-order valence-corrected chi connectivity index (χ0v) is 12.5. The van der Waals surface area contributed by atoms with Gasteiger partial charge in [0.15, 0.2) is 5.82 Å². The van der Waals surface area contributed by atoms with E-state index in [2.05, 4.69) is 10.1 Å². The molecule has 1 aliphatic carbocycles. The highest BCUT2D eigenvalue weighted by atomic mass is 32.2. The lowest BCUT2D eigenvalue weighted by Gasteiger charge is -2.19. The van der Waals surface area contributed by atoms with E-state index in [1.54, 1.807) is 12.1 Å². The van der Waals surface area contributed by atoms with Crippen LogP contribution in [0, 0.1) is 5.82 Å². The Balaban J connectivity index is 1.68. The zero-order chi connectivity index (χ0) is 14.7. The van der Waals surface area contributed by atoms with Gasteiger partial charge in [0.2, 0.25) is 0 Å². The van der Waals surface area contributed by atoms with Crippen molar-refractivity contribution in [2.24, 2.45) is 0 Å². The summed E-state index contributed by atoms with van der Waals surface area (Å²) < 4.78 is 19.0. The monoisotopic (exact) mass is 307 g/mol. The number of aromatic nitrogens is 2. The summed E-state index contributed by atoms with van der Waals surface area (Å²) in [5.74, 6) is 1.01. The van der Waals surface area contributed by atoms with Crippen LogP contribution >= 0.6 is 11.8 Å². The number of anilines is 1. The molecule has 6 heteroatoms. The van der Waals surface area contributed by atoms with E-state index in [1.165, 1.54) is 38.2 Å². The first kappa shape index (κ1) is 14.4. The molecule has 1 aliphatic rings. The smallest absolute Gasteiger partial charge is 0.263 e. The number of nitrogens with two attached hydrogens (primary N) is 1. The van der Waals surface area contributed by atoms with Gasteiger partial charge in [-0.1, -0.05) is 30.5 Å². The molecule has 2 aromatic rings. The normalized spacial score (nSPS) is 16.2. The topological polar surface area (TPSA) is 64.9 Å². The first-order valence-electron chi connectivity index (χ1n) is 7.22. The molecule has 0 saturated heterocycles. The maximum atomic E-state index is 13.8. The first-order valence-corrected chi connectivity index (χ1v) is 8.27. The number of rotatable bonds is 4. The summed E-state index contributed by atoms with van der Waals surface area (Å²) in [6, 6.07) is 4.52. The van der Waals surface area contributed by atoms with Crippen molar-refractivity contribution in [2.75, 3.05) is 5.73 Å². The molecule has 112 valence electrons. The number of benzene rings is 1. The van der Waals surface area contributed by atoms with Gasteiger partial charge >= 0.3 is 0 Å². The largest absolute Gasteiger partial charge is 0.398 e. The van der Waals surface area contributed by atoms with Crippen LogP contribution in [0.15, 0.2) is 22.7 Å². The standard InChI is InChI=1S/C15H18FN3OS/c16-11-7-4-8-12(17)14(11)15-18-13(19-20-15)9-21-10-5-2-1-3-6-10/h4,7-8,10H,1-3,5-6,9,17H2. The molecule has 1 saturated carbocycles. The minimum atomic E-state index is -0.440. The SMILES string of the molecule is Nc1cccc(F)c1-c1nc(CSC2CCCCC2)no1. The predicted molar refractivity (Wildman–Crippen MR) is 82.3 cm³/mol. The molecule has 0 bridgehead atoms. The lowest BCUT2D eigenvalue weighted by molar-refractivity contribution is 0.423. The van der Waals surface area contributed by atoms with Gasteiger partial charge in [-0.05, 0) is 25.0 Å². The van der Waals surface area contributed by atoms with Gasteiger partial charge < -0.3 is 10.3 Å². The zero-order valence-electron chi connectivity index (χ0n) is 11.7. The first-order chi connectivity index (χ1) is 10.2. The maximum absolute atomic E-state index is 13.8. The van der Waals surface area contributed by atoms with Crippen LogP contribution in [0.3, 0.4) is 0 Å². The molecule has 1 aromatic heterocycles. The van der Waals surface area contributed by atoms with Gasteiger partial charge in [-0.3, -0.25) is 0 Å². The van der Waals surface area contributed by atoms with Crippen LogP contribution in [0.25, 0.3) is 11.5 Å². The van der Waals surface area contributed by atoms with Gasteiger partial charge in [0.25, 0.3) is 5.89 Å². The second-order valence-electron chi connectivity index (χ2n) is 5.29. The van der Waals surface area contributed by atoms with Gasteiger partial charge in [-0.2, -0.15) is 16.7 Å². The van der Waals surface area contributed by atoms with Gasteiger partial charge in [0.05, 0.1) is 11.3 Å². The van der Waals surface area contributed by atoms with Gasteiger partial charge in [-0.15, -0.1) is 0 Å². The average Bonchev–Trinajstić information content (AvgIpc) is 2.95. The lowest BCUT2D eigenvalue weighted by Crippen LogP contribution is -2.08. The van der Waals surface area contributed by atoms with E-state index in [0.717, 1.165) is 0 Å². The summed E-state index contributed by atoms with van der Waals surface area (Å²) in [4.78, 5) is 4.27. The molecule has 4 nitrogen and oxygen atoms in total. The number of nitrogen functional groups attached to an aromatic ring is 1. The molecule has 2 N–H and O–H groups in total. The van der Waals surface area contributed by atoms with E-state index < -0.39 is 5.82 Å². The number of hydrogen-bond acceptors (Lipinski definition) is 5. The Morgan fingerprint density at radius 3 is 2.86 bits per heavy atom. The minimum Gasteiger partial charge on any atom is -0.398 e. The lowest BCUT2D eigenvalue weighted by atomic mass is 10.0. The van der Waals surface area contributed by atoms with Crippen LogP contribution in [0.1, 0.15) is 37.9 Å². The van der Waals surface area contributed by atoms with E-state index >= 15 is 0 Å². The van der Waals surface area contributed by atoms with E-state index in [4.69, 9.17) is 10.3 Å². The fourth-order valence-electron chi connectivity index (χ4n) is 2.60. The van der Waals surface area contributed by atoms with Crippen molar-refractivity contribution in [1.29, 1.82) is 0 Å². The Bertz CT molecular complexity index is 590. The second kappa shape index (κ2) is 6.47. The molecule has 3 rings (SSSR count). The Morgan fingerprint density at radius 1 is 1.29 bits per heavy atom. The average molecular weight is 307 g/mol. The fourth-order valence-corrected chi connectivity index (χ4v) is 3.77. The Hall–Kier alpha value is -1.56. The minimum absolute atomic E-state index is 0.157. The molecular formula is C15H18FN3OS. The number of hydrogen-bond donors (Lipinski definition) is 1. The van der Waals surface area contributed by atoms with Crippen LogP contribution in [0.4, 0.5) is 10.1 Å². The Labute approximate surface area is 127 Å². The summed E-state index contributed by atoms with van der Waals surface area (Å²) >= 11 is 1.86. The highest BCUT2D eigenvalue weighted by molar-refractivity contribution is 7.99. The molecule has 0 amide bonds. The van der Waals surface area contributed by atoms with Gasteiger partial charge in [-0.25, -0.2) is 4.39 Å². The van der Waals surface area contributed by atoms with Crippen LogP contribution in [0.5, 0.6) is 0 Å². The van der Waals surface area contributed by atoms with Gasteiger partial charge in [0.1, 0.15) is 5.82 Å². The molecule has 21 heavy (non-hydrogen) atoms. The van der Waals surface area contributed by atoms with Crippen molar-refractivity contribution >= 4 is 17.4 Å². The molecular weight excluding hydrogens is 289 g/mol. The molecule has 0 radical (unpaired) electrons. The van der Waals surface area contributed by atoms with Crippen molar-refractivity contribution in [1.82, 2.24) is 10.1 Å². The van der Waals surface area contributed by atoms with Crippen LogP contribution in [0.2, 0.25) is 0 Å². The van der Waals surface area contributed by atoms with Crippen molar-refractivity contribution in [3.8, 4) is 11.5 Å². The maximum Gasteiger partial charge on any atom is 0.263 e. The predicted octanol–water partition coefficient (Wildman–Crippen LogP) is 4.02. The highest BCUT2D eigenvalue weighted by Crippen LogP contribution is 2.31. The summed E-state index contributed by atoms with van der Waals surface area (Å²) in [6.45, 7) is 0. The molecule has 0 unspecified atom stereocenters. The summed E-state index contributed by atoms with van der Waals surface area (Å²) in [6.07, 6.45) is 6.48. The van der Waals surface area contributed by atoms with Crippen LogP contribution < -0.4 is 5.73 Å². The number of thioether (sulfide) groups is 1. The molecule has 1 fully saturated rings.